The van der Waals surface area contributed by atoms with E-state index in [1.54, 1.807) is 0 Å². The number of amides is 1. The number of hydrogen-bond donors (Lipinski definition) is 3. The fourth-order valence-electron chi connectivity index (χ4n) is 0.955. The van der Waals surface area contributed by atoms with Gasteiger partial charge in [-0.05, 0) is 17.1 Å². The molecule has 4 N–H and O–H groups in total. The van der Waals surface area contributed by atoms with Gasteiger partial charge in [-0.15, -0.1) is 0 Å². The molecule has 0 atom stereocenters. The van der Waals surface area contributed by atoms with Crippen LogP contribution in [-0.4, -0.2) is 25.5 Å². The van der Waals surface area contributed by atoms with E-state index in [9.17, 15) is 14.9 Å². The number of nitrogens with two attached hydrogens (primary N) is 1. The Morgan fingerprint density at radius 1 is 1.69 bits per heavy atom. The van der Waals surface area contributed by atoms with Crippen molar-refractivity contribution >= 4 is 29.1 Å². The average molecular weight is 244 g/mol. The van der Waals surface area contributed by atoms with Crippen LogP contribution in [0.3, 0.4) is 0 Å². The first-order valence-corrected chi connectivity index (χ1v) is 4.36. The maximum absolute atomic E-state index is 11.4. The van der Waals surface area contributed by atoms with Gasteiger partial charge in [0.15, 0.2) is 5.11 Å². The van der Waals surface area contributed by atoms with Crippen LogP contribution in [0.5, 0.6) is 0 Å². The first-order chi connectivity index (χ1) is 7.43. The summed E-state index contributed by atoms with van der Waals surface area (Å²) in [5, 5.41) is 10.4. The van der Waals surface area contributed by atoms with Gasteiger partial charge in [-0.3, -0.25) is 15.6 Å². The number of nitro groups is 1. The molecule has 0 bridgehead atoms. The third-order valence-corrected chi connectivity index (χ3v) is 1.76. The molecule has 0 saturated heterocycles. The molecule has 86 valence electrons. The smallest absolute Gasteiger partial charge is 0.343 e. The van der Waals surface area contributed by atoms with Crippen LogP contribution in [0.4, 0.5) is 5.82 Å². The van der Waals surface area contributed by atoms with Gasteiger partial charge in [-0.1, -0.05) is 0 Å². The third kappa shape index (κ3) is 2.42. The maximum atomic E-state index is 11.4. The molecule has 0 spiro atoms. The molecule has 0 aliphatic heterocycles. The lowest BCUT2D eigenvalue weighted by Gasteiger charge is -2.03. The number of rotatable bonds is 2. The molecule has 0 unspecified atom stereocenters. The first-order valence-electron chi connectivity index (χ1n) is 3.95. The molecule has 1 heterocycles. The molecule has 1 rings (SSSR count). The number of thiocarbonyl (C=S) groups is 1. The number of hydrazine groups is 1. The van der Waals surface area contributed by atoms with Crippen LogP contribution in [0.2, 0.25) is 0 Å². The maximum Gasteiger partial charge on any atom is 0.343 e. The summed E-state index contributed by atoms with van der Waals surface area (Å²) in [5.74, 6) is -1.10. The van der Waals surface area contributed by atoms with E-state index in [-0.39, 0.29) is 16.8 Å². The lowest BCUT2D eigenvalue weighted by molar-refractivity contribution is -0.391. The lowest BCUT2D eigenvalue weighted by Crippen LogP contribution is -2.45. The normalized spacial score (nSPS) is 9.56. The molecule has 1 aromatic heterocycles. The molecular weight excluding hydrogens is 236 g/mol. The van der Waals surface area contributed by atoms with Crippen LogP contribution in [-0.2, 0) is 7.05 Å². The molecule has 0 radical (unpaired) electrons. The summed E-state index contributed by atoms with van der Waals surface area (Å²) in [7, 11) is 1.35. The second-order valence-electron chi connectivity index (χ2n) is 2.70. The Bertz CT molecular complexity index is 455. The molecule has 0 aliphatic carbocycles. The molecule has 0 saturated carbocycles. The number of nitrogens with one attached hydrogen (secondary N) is 2. The molecule has 9 nitrogen and oxygen atoms in total. The van der Waals surface area contributed by atoms with Crippen molar-refractivity contribution in [3.63, 3.8) is 0 Å². The van der Waals surface area contributed by atoms with E-state index in [0.29, 0.717) is 0 Å². The Kier molecular flexibility index (Phi) is 3.35. The summed E-state index contributed by atoms with van der Waals surface area (Å²) in [6.45, 7) is 0. The highest BCUT2D eigenvalue weighted by molar-refractivity contribution is 7.80. The van der Waals surface area contributed by atoms with Crippen LogP contribution < -0.4 is 16.6 Å². The summed E-state index contributed by atoms with van der Waals surface area (Å²) in [6.07, 6.45) is 0.982. The number of carbonyl (C=O) groups is 1. The third-order valence-electron chi connectivity index (χ3n) is 1.65. The number of nitrogens with zero attached hydrogens (tertiary/aromatic N) is 3. The highest BCUT2D eigenvalue weighted by Gasteiger charge is 2.22. The van der Waals surface area contributed by atoms with Gasteiger partial charge >= 0.3 is 11.7 Å². The van der Waals surface area contributed by atoms with E-state index < -0.39 is 10.8 Å². The van der Waals surface area contributed by atoms with Gasteiger partial charge in [-0.25, -0.2) is 9.55 Å². The molecule has 0 aromatic carbocycles. The van der Waals surface area contributed by atoms with Gasteiger partial charge in [0.25, 0.3) is 5.82 Å². The van der Waals surface area contributed by atoms with Crippen molar-refractivity contribution in [2.45, 2.75) is 0 Å². The summed E-state index contributed by atoms with van der Waals surface area (Å²) < 4.78 is 1.04. The van der Waals surface area contributed by atoms with Gasteiger partial charge < -0.3 is 15.8 Å². The number of carbonyl (C=O) groups excluding carboxylic acids is 1. The van der Waals surface area contributed by atoms with Crippen molar-refractivity contribution < 1.29 is 9.72 Å². The van der Waals surface area contributed by atoms with Crippen LogP contribution in [0, 0.1) is 10.1 Å². The summed E-state index contributed by atoms with van der Waals surface area (Å²) in [5.41, 5.74) is 9.41. The minimum Gasteiger partial charge on any atom is -0.375 e. The van der Waals surface area contributed by atoms with Crippen LogP contribution >= 0.6 is 12.2 Å². The van der Waals surface area contributed by atoms with Crippen molar-refractivity contribution in [1.82, 2.24) is 20.4 Å². The molecular formula is C6H8N6O3S. The molecule has 16 heavy (non-hydrogen) atoms. The SMILES string of the molecule is Cn1c([N+](=O)[O-])cnc1C(=O)NNC(N)=S. The first kappa shape index (κ1) is 11.8. The zero-order valence-corrected chi connectivity index (χ0v) is 8.95. The Balaban J connectivity index is 2.84. The number of aromatic nitrogens is 2. The summed E-state index contributed by atoms with van der Waals surface area (Å²) in [6, 6.07) is 0. The molecule has 10 heteroatoms. The van der Waals surface area contributed by atoms with Crippen molar-refractivity contribution in [1.29, 1.82) is 0 Å². The Labute approximate surface area is 94.7 Å². The van der Waals surface area contributed by atoms with E-state index in [4.69, 9.17) is 5.73 Å². The zero-order chi connectivity index (χ0) is 12.3. The van der Waals surface area contributed by atoms with E-state index >= 15 is 0 Å². The van der Waals surface area contributed by atoms with Crippen molar-refractivity contribution in [3.8, 4) is 0 Å². The van der Waals surface area contributed by atoms with E-state index in [1.165, 1.54) is 7.05 Å². The summed E-state index contributed by atoms with van der Waals surface area (Å²) in [4.78, 5) is 24.8. The highest BCUT2D eigenvalue weighted by Crippen LogP contribution is 2.10. The van der Waals surface area contributed by atoms with Gasteiger partial charge in [0, 0.05) is 0 Å². The van der Waals surface area contributed by atoms with Gasteiger partial charge in [0.1, 0.15) is 6.20 Å². The Morgan fingerprint density at radius 3 is 2.75 bits per heavy atom. The van der Waals surface area contributed by atoms with Crippen LogP contribution in [0.1, 0.15) is 10.6 Å². The fourth-order valence-corrected chi connectivity index (χ4v) is 1.01. The van der Waals surface area contributed by atoms with Crippen LogP contribution in [0.25, 0.3) is 0 Å². The van der Waals surface area contributed by atoms with Crippen molar-refractivity contribution in [2.24, 2.45) is 12.8 Å². The van der Waals surface area contributed by atoms with E-state index in [2.05, 4.69) is 28.1 Å². The predicted molar refractivity (Wildman–Crippen MR) is 57.2 cm³/mol. The second-order valence-corrected chi connectivity index (χ2v) is 3.14. The van der Waals surface area contributed by atoms with Gasteiger partial charge in [0.2, 0.25) is 0 Å². The lowest BCUT2D eigenvalue weighted by atomic mass is 10.6. The second kappa shape index (κ2) is 4.53. The fraction of sp³-hybridized carbons (Fsp3) is 0.167. The van der Waals surface area contributed by atoms with Gasteiger partial charge in [-0.2, -0.15) is 0 Å². The Morgan fingerprint density at radius 2 is 2.31 bits per heavy atom. The van der Waals surface area contributed by atoms with E-state index in [1.807, 2.05) is 0 Å². The average Bonchev–Trinajstić information content (AvgIpc) is 2.56. The number of imidazole rings is 1. The Hall–Kier alpha value is -2.23. The molecule has 1 aromatic rings. The molecule has 0 fully saturated rings. The van der Waals surface area contributed by atoms with Crippen molar-refractivity contribution in [2.75, 3.05) is 0 Å². The largest absolute Gasteiger partial charge is 0.375 e. The minimum absolute atomic E-state index is 0.128. The van der Waals surface area contributed by atoms with Gasteiger partial charge in [0.05, 0.1) is 7.05 Å². The van der Waals surface area contributed by atoms with E-state index in [0.717, 1.165) is 10.8 Å². The molecule has 1 amide bonds. The monoisotopic (exact) mass is 244 g/mol. The minimum atomic E-state index is -0.677. The molecule has 0 aliphatic rings. The van der Waals surface area contributed by atoms with Crippen LogP contribution in [0.15, 0.2) is 6.20 Å². The number of hydrogen-bond acceptors (Lipinski definition) is 5. The standard InChI is InChI=1S/C6H8N6O3S/c1-11-3(12(14)15)2-8-4(11)5(13)9-10-6(7)16/h2H,1H3,(H,9,13)(H3,7,10,16). The summed E-state index contributed by atoms with van der Waals surface area (Å²) >= 11 is 4.46. The quantitative estimate of drug-likeness (QED) is 0.339. The van der Waals surface area contributed by atoms with Crippen molar-refractivity contribution in [3.05, 3.63) is 22.1 Å². The predicted octanol–water partition coefficient (Wildman–Crippen LogP) is -1.19. The topological polar surface area (TPSA) is 128 Å². The highest BCUT2D eigenvalue weighted by atomic mass is 32.1. The zero-order valence-electron chi connectivity index (χ0n) is 8.13.